The van der Waals surface area contributed by atoms with Crippen LogP contribution in [0.3, 0.4) is 0 Å². The van der Waals surface area contributed by atoms with Gasteiger partial charge in [-0.05, 0) is 6.42 Å². The second-order valence-corrected chi connectivity index (χ2v) is 7.22. The number of aliphatic hydroxyl groups is 2. The molecule has 0 spiro atoms. The van der Waals surface area contributed by atoms with Gasteiger partial charge in [-0.15, -0.1) is 0 Å². The van der Waals surface area contributed by atoms with Gasteiger partial charge in [-0.1, -0.05) is 96.8 Å². The van der Waals surface area contributed by atoms with E-state index in [2.05, 4.69) is 6.92 Å². The summed E-state index contributed by atoms with van der Waals surface area (Å²) in [4.78, 5) is 11.4. The molecule has 0 saturated carbocycles. The van der Waals surface area contributed by atoms with Crippen molar-refractivity contribution >= 4 is 65.1 Å². The van der Waals surface area contributed by atoms with Crippen LogP contribution in [0.25, 0.3) is 0 Å². The Morgan fingerprint density at radius 1 is 0.741 bits per heavy atom. The van der Waals surface area contributed by atoms with Gasteiger partial charge in [0.2, 0.25) is 0 Å². The average molecular weight is 405 g/mol. The number of unbranched alkanes of at least 4 members (excludes halogenated alkanes) is 14. The second kappa shape index (κ2) is 27.4. The molecule has 0 aromatic carbocycles. The van der Waals surface area contributed by atoms with E-state index in [1.807, 2.05) is 0 Å². The number of hydrogen-bond donors (Lipinski definition) is 2. The number of carbonyl (C=O) groups excluding carboxylic acids is 1. The molecule has 27 heavy (non-hydrogen) atoms. The Hall–Kier alpha value is 1.39. The smallest absolute Gasteiger partial charge is 0.305 e. The first-order valence-corrected chi connectivity index (χ1v) is 10.6. The van der Waals surface area contributed by atoms with Crippen LogP contribution >= 0.6 is 0 Å². The zero-order valence-corrected chi connectivity index (χ0v) is 22.5. The molecular formula is C21H42Na2O4. The molecule has 0 saturated heterocycles. The Morgan fingerprint density at radius 3 is 1.48 bits per heavy atom. The van der Waals surface area contributed by atoms with Gasteiger partial charge in [0.25, 0.3) is 0 Å². The van der Waals surface area contributed by atoms with Crippen LogP contribution in [-0.4, -0.2) is 94.6 Å². The van der Waals surface area contributed by atoms with Gasteiger partial charge in [0.1, 0.15) is 12.7 Å². The summed E-state index contributed by atoms with van der Waals surface area (Å²) >= 11 is 0. The summed E-state index contributed by atoms with van der Waals surface area (Å²) < 4.78 is 4.86. The molecule has 0 bridgehead atoms. The predicted octanol–water partition coefficient (Wildman–Crippen LogP) is 4.38. The van der Waals surface area contributed by atoms with Crippen LogP contribution in [-0.2, 0) is 9.53 Å². The van der Waals surface area contributed by atoms with E-state index in [0.29, 0.717) is 6.42 Å². The summed E-state index contributed by atoms with van der Waals surface area (Å²) in [5.41, 5.74) is 0. The van der Waals surface area contributed by atoms with E-state index >= 15 is 0 Å². The number of esters is 1. The number of ether oxygens (including phenoxy) is 1. The van der Waals surface area contributed by atoms with Crippen molar-refractivity contribution in [2.24, 2.45) is 0 Å². The molecule has 1 unspecified atom stereocenters. The molecule has 0 aliphatic rings. The molecule has 0 amide bonds. The fraction of sp³-hybridized carbons (Fsp3) is 0.952. The molecule has 4 nitrogen and oxygen atoms in total. The maximum atomic E-state index is 11.4. The molecule has 152 valence electrons. The van der Waals surface area contributed by atoms with Crippen LogP contribution in [0.15, 0.2) is 0 Å². The molecule has 2 N–H and O–H groups in total. The van der Waals surface area contributed by atoms with Crippen molar-refractivity contribution in [2.75, 3.05) is 13.2 Å². The van der Waals surface area contributed by atoms with Gasteiger partial charge < -0.3 is 14.9 Å². The van der Waals surface area contributed by atoms with Crippen LogP contribution in [0.5, 0.6) is 0 Å². The average Bonchev–Trinajstić information content (AvgIpc) is 2.62. The first kappa shape index (κ1) is 33.0. The van der Waals surface area contributed by atoms with Crippen molar-refractivity contribution in [2.45, 2.75) is 116 Å². The minimum Gasteiger partial charge on any atom is -0.463 e. The third-order valence-corrected chi connectivity index (χ3v) is 4.63. The van der Waals surface area contributed by atoms with E-state index in [1.54, 1.807) is 0 Å². The zero-order chi connectivity index (χ0) is 18.6. The predicted molar refractivity (Wildman–Crippen MR) is 115 cm³/mol. The Bertz CT molecular complexity index is 291. The zero-order valence-electron chi connectivity index (χ0n) is 18.5. The Kier molecular flexibility index (Phi) is 33.5. The molecular weight excluding hydrogens is 362 g/mol. The Balaban J connectivity index is -0.00000288. The number of hydrogen-bond acceptors (Lipinski definition) is 4. The van der Waals surface area contributed by atoms with E-state index in [0.717, 1.165) is 12.8 Å². The number of aliphatic hydroxyl groups excluding tert-OH is 2. The molecule has 0 aromatic heterocycles. The van der Waals surface area contributed by atoms with Crippen molar-refractivity contribution in [1.82, 2.24) is 0 Å². The molecule has 0 aliphatic carbocycles. The van der Waals surface area contributed by atoms with Crippen LogP contribution < -0.4 is 0 Å². The first-order chi connectivity index (χ1) is 12.2. The standard InChI is InChI=1S/C21H42O4.2Na/c1-2-3-4-5-6-7-8-9-10-11-12-13-14-15-16-17-21(24)25-19-20(23)18-22;;/h20,22-23H,2-19H2,1H3;;. The largest absolute Gasteiger partial charge is 0.463 e. The van der Waals surface area contributed by atoms with Gasteiger partial charge >= 0.3 is 5.97 Å². The van der Waals surface area contributed by atoms with Crippen LogP contribution in [0.1, 0.15) is 110 Å². The molecule has 0 aliphatic heterocycles. The van der Waals surface area contributed by atoms with Gasteiger partial charge in [0.05, 0.1) is 6.61 Å². The molecule has 0 aromatic rings. The SMILES string of the molecule is CCCCCCCCCCCCCCCCCC(=O)OCC(O)CO.[Na].[Na]. The van der Waals surface area contributed by atoms with Gasteiger partial charge in [0.15, 0.2) is 0 Å². The number of carbonyl (C=O) groups is 1. The Morgan fingerprint density at radius 2 is 1.11 bits per heavy atom. The minimum absolute atomic E-state index is 0. The third kappa shape index (κ3) is 27.4. The van der Waals surface area contributed by atoms with Crippen molar-refractivity contribution in [3.63, 3.8) is 0 Å². The molecule has 0 heterocycles. The molecule has 6 heteroatoms. The fourth-order valence-electron chi connectivity index (χ4n) is 2.95. The fourth-order valence-corrected chi connectivity index (χ4v) is 2.95. The van der Waals surface area contributed by atoms with E-state index in [1.165, 1.54) is 83.5 Å². The topological polar surface area (TPSA) is 66.8 Å². The van der Waals surface area contributed by atoms with Crippen molar-refractivity contribution < 1.29 is 19.7 Å². The molecule has 0 fully saturated rings. The van der Waals surface area contributed by atoms with Crippen LogP contribution in [0, 0.1) is 0 Å². The molecule has 0 rings (SSSR count). The van der Waals surface area contributed by atoms with Crippen molar-refractivity contribution in [1.29, 1.82) is 0 Å². The number of rotatable bonds is 19. The van der Waals surface area contributed by atoms with E-state index in [4.69, 9.17) is 14.9 Å². The summed E-state index contributed by atoms with van der Waals surface area (Å²) in [6.07, 6.45) is 19.0. The van der Waals surface area contributed by atoms with E-state index in [-0.39, 0.29) is 78.3 Å². The maximum absolute atomic E-state index is 11.4. The summed E-state index contributed by atoms with van der Waals surface area (Å²) in [6, 6.07) is 0. The van der Waals surface area contributed by atoms with Gasteiger partial charge in [-0.25, -0.2) is 0 Å². The van der Waals surface area contributed by atoms with Crippen molar-refractivity contribution in [3.8, 4) is 0 Å². The normalized spacial score (nSPS) is 11.4. The van der Waals surface area contributed by atoms with E-state index < -0.39 is 6.10 Å². The third-order valence-electron chi connectivity index (χ3n) is 4.63. The monoisotopic (exact) mass is 404 g/mol. The minimum atomic E-state index is -0.954. The maximum Gasteiger partial charge on any atom is 0.305 e. The van der Waals surface area contributed by atoms with Crippen LogP contribution in [0.4, 0.5) is 0 Å². The summed E-state index contributed by atoms with van der Waals surface area (Å²) in [5.74, 6) is -0.276. The Labute approximate surface area is 212 Å². The summed E-state index contributed by atoms with van der Waals surface area (Å²) in [6.45, 7) is 1.79. The first-order valence-electron chi connectivity index (χ1n) is 10.6. The molecule has 2 radical (unpaired) electrons. The van der Waals surface area contributed by atoms with Gasteiger partial charge in [-0.2, -0.15) is 0 Å². The molecule has 1 atom stereocenters. The summed E-state index contributed by atoms with van der Waals surface area (Å²) in [7, 11) is 0. The van der Waals surface area contributed by atoms with Crippen molar-refractivity contribution in [3.05, 3.63) is 0 Å². The second-order valence-electron chi connectivity index (χ2n) is 7.22. The van der Waals surface area contributed by atoms with Crippen LogP contribution in [0.2, 0.25) is 0 Å². The summed E-state index contributed by atoms with van der Waals surface area (Å²) in [5, 5.41) is 17.7. The van der Waals surface area contributed by atoms with E-state index in [9.17, 15) is 4.79 Å². The van der Waals surface area contributed by atoms with Gasteiger partial charge in [-0.3, -0.25) is 4.79 Å². The van der Waals surface area contributed by atoms with Gasteiger partial charge in [0, 0.05) is 65.5 Å². The quantitative estimate of drug-likeness (QED) is 0.190.